The molecular formula is C18H14N6O3. The second-order valence-corrected chi connectivity index (χ2v) is 5.56. The fourth-order valence-electron chi connectivity index (χ4n) is 2.36. The van der Waals surface area contributed by atoms with Gasteiger partial charge in [-0.25, -0.2) is 4.68 Å². The fourth-order valence-corrected chi connectivity index (χ4v) is 2.36. The maximum Gasteiger partial charge on any atom is 0.294 e. The van der Waals surface area contributed by atoms with Crippen molar-refractivity contribution >= 4 is 11.6 Å². The molecule has 0 unspecified atom stereocenters. The molecule has 0 atom stereocenters. The van der Waals surface area contributed by atoms with Crippen molar-refractivity contribution in [1.29, 1.82) is 0 Å². The molecule has 9 nitrogen and oxygen atoms in total. The van der Waals surface area contributed by atoms with Crippen LogP contribution in [-0.4, -0.2) is 31.3 Å². The topological polar surface area (TPSA) is 108 Å². The van der Waals surface area contributed by atoms with Crippen molar-refractivity contribution in [3.8, 4) is 11.6 Å². The van der Waals surface area contributed by atoms with Crippen LogP contribution in [0.5, 0.6) is 5.88 Å². The Morgan fingerprint density at radius 1 is 1.11 bits per heavy atom. The smallest absolute Gasteiger partial charge is 0.294 e. The van der Waals surface area contributed by atoms with Gasteiger partial charge >= 0.3 is 0 Å². The van der Waals surface area contributed by atoms with Crippen molar-refractivity contribution in [1.82, 2.24) is 25.4 Å². The number of hydrogen-bond acceptors (Lipinski definition) is 7. The molecule has 0 aliphatic rings. The van der Waals surface area contributed by atoms with E-state index in [-0.39, 0.29) is 11.6 Å². The van der Waals surface area contributed by atoms with E-state index in [1.807, 2.05) is 36.4 Å². The average Bonchev–Trinajstić information content (AvgIpc) is 3.40. The summed E-state index contributed by atoms with van der Waals surface area (Å²) in [7, 11) is 0. The van der Waals surface area contributed by atoms with Crippen LogP contribution >= 0.6 is 0 Å². The maximum atomic E-state index is 12.4. The van der Waals surface area contributed by atoms with Crippen LogP contribution in [0.25, 0.3) is 5.69 Å². The summed E-state index contributed by atoms with van der Waals surface area (Å²) < 4.78 is 12.1. The number of nitrogens with zero attached hydrogens (tertiary/aromatic N) is 5. The predicted molar refractivity (Wildman–Crippen MR) is 94.4 cm³/mol. The molecular weight excluding hydrogens is 348 g/mol. The number of aromatic nitrogens is 5. The summed E-state index contributed by atoms with van der Waals surface area (Å²) in [5.41, 5.74) is 2.27. The number of benzene rings is 2. The molecule has 0 spiro atoms. The number of ether oxygens (including phenoxy) is 1. The summed E-state index contributed by atoms with van der Waals surface area (Å²) in [5, 5.41) is 17.5. The normalized spacial score (nSPS) is 10.5. The van der Waals surface area contributed by atoms with Crippen LogP contribution in [-0.2, 0) is 6.61 Å². The standard InChI is InChI=1S/C18H14N6O3/c25-18(20-14-7-4-8-15(9-14)24-12-19-22-23-24)16-10-17(21-27-16)26-11-13-5-2-1-3-6-13/h1-10,12H,11H2,(H,20,25). The number of amides is 1. The molecule has 1 amide bonds. The molecule has 1 N–H and O–H groups in total. The molecule has 0 aliphatic heterocycles. The Bertz CT molecular complexity index is 1030. The lowest BCUT2D eigenvalue weighted by atomic mass is 10.2. The van der Waals surface area contributed by atoms with Gasteiger partial charge in [0, 0.05) is 5.69 Å². The van der Waals surface area contributed by atoms with Crippen molar-refractivity contribution < 1.29 is 14.1 Å². The molecule has 2 aromatic heterocycles. The van der Waals surface area contributed by atoms with E-state index in [2.05, 4.69) is 26.0 Å². The van der Waals surface area contributed by atoms with Crippen LogP contribution in [0.4, 0.5) is 5.69 Å². The Labute approximate surface area is 153 Å². The number of carbonyl (C=O) groups is 1. The van der Waals surface area contributed by atoms with Gasteiger partial charge in [-0.15, -0.1) is 5.10 Å². The van der Waals surface area contributed by atoms with Gasteiger partial charge in [0.25, 0.3) is 11.8 Å². The minimum absolute atomic E-state index is 0.0471. The van der Waals surface area contributed by atoms with Crippen molar-refractivity contribution in [2.75, 3.05) is 5.32 Å². The van der Waals surface area contributed by atoms with E-state index in [9.17, 15) is 4.79 Å². The second-order valence-electron chi connectivity index (χ2n) is 5.56. The lowest BCUT2D eigenvalue weighted by Crippen LogP contribution is -2.11. The predicted octanol–water partition coefficient (Wildman–Crippen LogP) is 2.48. The highest BCUT2D eigenvalue weighted by atomic mass is 16.5. The minimum Gasteiger partial charge on any atom is -0.471 e. The zero-order valence-electron chi connectivity index (χ0n) is 14.0. The van der Waals surface area contributed by atoms with Gasteiger partial charge in [0.2, 0.25) is 5.76 Å². The van der Waals surface area contributed by atoms with Crippen molar-refractivity contribution in [3.05, 3.63) is 78.3 Å². The summed E-state index contributed by atoms with van der Waals surface area (Å²) in [5.74, 6) is -0.150. The Balaban J connectivity index is 1.40. The molecule has 4 aromatic rings. The van der Waals surface area contributed by atoms with Crippen molar-refractivity contribution in [2.24, 2.45) is 0 Å². The zero-order chi connectivity index (χ0) is 18.5. The maximum absolute atomic E-state index is 12.4. The van der Waals surface area contributed by atoms with Crippen molar-refractivity contribution in [3.63, 3.8) is 0 Å². The molecule has 0 bridgehead atoms. The SMILES string of the molecule is O=C(Nc1cccc(-n2cnnn2)c1)c1cc(OCc2ccccc2)no1. The summed E-state index contributed by atoms with van der Waals surface area (Å²) in [6.45, 7) is 0.336. The number of hydrogen-bond donors (Lipinski definition) is 1. The quantitative estimate of drug-likeness (QED) is 0.561. The summed E-state index contributed by atoms with van der Waals surface area (Å²) >= 11 is 0. The van der Waals surface area contributed by atoms with E-state index >= 15 is 0 Å². The average molecular weight is 362 g/mol. The Morgan fingerprint density at radius 2 is 2.00 bits per heavy atom. The van der Waals surface area contributed by atoms with E-state index in [1.54, 1.807) is 18.2 Å². The van der Waals surface area contributed by atoms with Gasteiger partial charge in [0.15, 0.2) is 0 Å². The highest BCUT2D eigenvalue weighted by Crippen LogP contribution is 2.17. The molecule has 0 aliphatic carbocycles. The largest absolute Gasteiger partial charge is 0.471 e. The van der Waals surface area contributed by atoms with Crippen LogP contribution in [0.2, 0.25) is 0 Å². The van der Waals surface area contributed by atoms with Gasteiger partial charge in [0.1, 0.15) is 12.9 Å². The molecule has 27 heavy (non-hydrogen) atoms. The van der Waals surface area contributed by atoms with Gasteiger partial charge < -0.3 is 14.6 Å². The molecule has 0 fully saturated rings. The van der Waals surface area contributed by atoms with Crippen LogP contribution < -0.4 is 10.1 Å². The summed E-state index contributed by atoms with van der Waals surface area (Å²) in [6.07, 6.45) is 1.47. The monoisotopic (exact) mass is 362 g/mol. The minimum atomic E-state index is -0.439. The van der Waals surface area contributed by atoms with Gasteiger partial charge in [-0.05, 0) is 39.3 Å². The molecule has 0 saturated carbocycles. The van der Waals surface area contributed by atoms with Gasteiger partial charge in [0.05, 0.1) is 11.8 Å². The van der Waals surface area contributed by atoms with E-state index in [0.29, 0.717) is 18.0 Å². The first-order valence-corrected chi connectivity index (χ1v) is 8.06. The zero-order valence-corrected chi connectivity index (χ0v) is 14.0. The lowest BCUT2D eigenvalue weighted by Gasteiger charge is -2.05. The number of nitrogens with one attached hydrogen (secondary N) is 1. The lowest BCUT2D eigenvalue weighted by molar-refractivity contribution is 0.0987. The van der Waals surface area contributed by atoms with E-state index in [4.69, 9.17) is 9.26 Å². The van der Waals surface area contributed by atoms with Crippen LogP contribution in [0.15, 0.2) is 71.5 Å². The van der Waals surface area contributed by atoms with E-state index in [1.165, 1.54) is 17.1 Å². The number of anilines is 1. The number of carbonyl (C=O) groups excluding carboxylic acids is 1. The van der Waals surface area contributed by atoms with Gasteiger partial charge in [-0.2, -0.15) is 0 Å². The first-order valence-electron chi connectivity index (χ1n) is 8.06. The van der Waals surface area contributed by atoms with E-state index < -0.39 is 5.91 Å². The molecule has 0 radical (unpaired) electrons. The second kappa shape index (κ2) is 7.48. The van der Waals surface area contributed by atoms with Gasteiger partial charge in [-0.3, -0.25) is 4.79 Å². The Hall–Kier alpha value is -4.01. The highest BCUT2D eigenvalue weighted by Gasteiger charge is 2.14. The molecule has 9 heteroatoms. The first kappa shape index (κ1) is 16.5. The number of rotatable bonds is 6. The molecule has 2 aromatic carbocycles. The Morgan fingerprint density at radius 3 is 2.81 bits per heavy atom. The fraction of sp³-hybridized carbons (Fsp3) is 0.0556. The summed E-state index contributed by atoms with van der Waals surface area (Å²) in [4.78, 5) is 12.4. The molecule has 134 valence electrons. The summed E-state index contributed by atoms with van der Waals surface area (Å²) in [6, 6.07) is 18.2. The Kier molecular flexibility index (Phi) is 4.56. The number of tetrazole rings is 1. The van der Waals surface area contributed by atoms with Crippen LogP contribution in [0.1, 0.15) is 16.1 Å². The third-order valence-electron chi connectivity index (χ3n) is 3.66. The molecule has 0 saturated heterocycles. The van der Waals surface area contributed by atoms with Crippen LogP contribution in [0, 0.1) is 0 Å². The van der Waals surface area contributed by atoms with Crippen LogP contribution in [0.3, 0.4) is 0 Å². The first-order chi connectivity index (χ1) is 13.3. The van der Waals surface area contributed by atoms with Gasteiger partial charge in [-0.1, -0.05) is 36.4 Å². The molecule has 2 heterocycles. The molecule has 4 rings (SSSR count). The van der Waals surface area contributed by atoms with E-state index in [0.717, 1.165) is 5.56 Å². The highest BCUT2D eigenvalue weighted by molar-refractivity contribution is 6.02. The third-order valence-corrected chi connectivity index (χ3v) is 3.66. The third kappa shape index (κ3) is 3.98. The van der Waals surface area contributed by atoms with Crippen molar-refractivity contribution in [2.45, 2.75) is 6.61 Å².